The summed E-state index contributed by atoms with van der Waals surface area (Å²) in [6, 6.07) is 14.7. The zero-order chi connectivity index (χ0) is 25.1. The SMILES string of the molecule is COc1cc(OC)nc(N2CCN(Cc3ccc(C(=O)Nc4ccc5c(c4)C(=O)NC5)cc3)CC2)n1. The fourth-order valence-corrected chi connectivity index (χ4v) is 4.36. The van der Waals surface area contributed by atoms with E-state index in [4.69, 9.17) is 9.47 Å². The number of benzene rings is 2. The number of ether oxygens (including phenoxy) is 2. The monoisotopic (exact) mass is 488 g/mol. The second-order valence-electron chi connectivity index (χ2n) is 8.72. The standard InChI is InChI=1S/C26H28N6O4/c1-35-22-14-23(36-2)30-26(29-22)32-11-9-31(10-12-32)16-17-3-5-18(6-4-17)24(33)28-20-8-7-19-15-27-25(34)21(19)13-20/h3-8,13-14H,9-12,15-16H2,1-2H3,(H,27,34)(H,28,33). The van der Waals surface area contributed by atoms with E-state index in [1.165, 1.54) is 0 Å². The molecule has 2 N–H and O–H groups in total. The van der Waals surface area contributed by atoms with Crippen molar-refractivity contribution in [3.8, 4) is 11.8 Å². The molecular formula is C26H28N6O4. The van der Waals surface area contributed by atoms with Gasteiger partial charge in [0, 0.05) is 56.1 Å². The molecule has 0 atom stereocenters. The van der Waals surface area contributed by atoms with E-state index in [0.717, 1.165) is 43.9 Å². The maximum Gasteiger partial charge on any atom is 0.255 e. The van der Waals surface area contributed by atoms with Gasteiger partial charge in [-0.3, -0.25) is 14.5 Å². The molecule has 2 aromatic carbocycles. The molecule has 2 aliphatic heterocycles. The lowest BCUT2D eigenvalue weighted by atomic mass is 10.1. The van der Waals surface area contributed by atoms with Gasteiger partial charge < -0.3 is 25.0 Å². The number of hydrogen-bond acceptors (Lipinski definition) is 8. The number of nitrogens with one attached hydrogen (secondary N) is 2. The highest BCUT2D eigenvalue weighted by Crippen LogP contribution is 2.22. The second kappa shape index (κ2) is 10.2. The van der Waals surface area contributed by atoms with Gasteiger partial charge in [0.05, 0.1) is 20.3 Å². The summed E-state index contributed by atoms with van der Waals surface area (Å²) in [5, 5.41) is 5.66. The molecule has 0 spiro atoms. The number of carbonyl (C=O) groups excluding carboxylic acids is 2. The lowest BCUT2D eigenvalue weighted by molar-refractivity contribution is 0.0964. The largest absolute Gasteiger partial charge is 0.481 e. The summed E-state index contributed by atoms with van der Waals surface area (Å²) in [5.74, 6) is 1.24. The first kappa shape index (κ1) is 23.6. The molecule has 1 fully saturated rings. The molecule has 186 valence electrons. The van der Waals surface area contributed by atoms with Gasteiger partial charge in [0.1, 0.15) is 0 Å². The Bertz CT molecular complexity index is 1250. The quantitative estimate of drug-likeness (QED) is 0.522. The molecule has 2 amide bonds. The minimum absolute atomic E-state index is 0.109. The summed E-state index contributed by atoms with van der Waals surface area (Å²) in [5.41, 5.74) is 3.86. The van der Waals surface area contributed by atoms with Crippen LogP contribution in [0.4, 0.5) is 11.6 Å². The maximum atomic E-state index is 12.7. The van der Waals surface area contributed by atoms with Crippen LogP contribution in [0.15, 0.2) is 48.5 Å². The summed E-state index contributed by atoms with van der Waals surface area (Å²) in [6.07, 6.45) is 0. The second-order valence-corrected chi connectivity index (χ2v) is 8.72. The van der Waals surface area contributed by atoms with Crippen molar-refractivity contribution in [2.75, 3.05) is 50.6 Å². The lowest BCUT2D eigenvalue weighted by Gasteiger charge is -2.34. The Labute approximate surface area is 209 Å². The van der Waals surface area contributed by atoms with Gasteiger partial charge in [0.25, 0.3) is 11.8 Å². The number of methoxy groups -OCH3 is 2. The predicted octanol–water partition coefficient (Wildman–Crippen LogP) is 2.31. The van der Waals surface area contributed by atoms with Crippen molar-refractivity contribution in [1.82, 2.24) is 20.2 Å². The first-order valence-corrected chi connectivity index (χ1v) is 11.8. The molecule has 0 radical (unpaired) electrons. The third kappa shape index (κ3) is 5.08. The topological polar surface area (TPSA) is 109 Å². The van der Waals surface area contributed by atoms with Crippen molar-refractivity contribution < 1.29 is 19.1 Å². The van der Waals surface area contributed by atoms with Crippen molar-refractivity contribution in [3.63, 3.8) is 0 Å². The van der Waals surface area contributed by atoms with Crippen LogP contribution in [0.5, 0.6) is 11.8 Å². The number of nitrogens with zero attached hydrogens (tertiary/aromatic N) is 4. The van der Waals surface area contributed by atoms with E-state index < -0.39 is 0 Å². The van der Waals surface area contributed by atoms with E-state index in [0.29, 0.717) is 41.1 Å². The summed E-state index contributed by atoms with van der Waals surface area (Å²) in [7, 11) is 3.15. The van der Waals surface area contributed by atoms with Gasteiger partial charge in [-0.15, -0.1) is 0 Å². The molecule has 3 aromatic rings. The first-order valence-electron chi connectivity index (χ1n) is 11.8. The zero-order valence-corrected chi connectivity index (χ0v) is 20.3. The van der Waals surface area contributed by atoms with Gasteiger partial charge >= 0.3 is 0 Å². The summed E-state index contributed by atoms with van der Waals surface area (Å²) < 4.78 is 10.5. The van der Waals surface area contributed by atoms with Crippen molar-refractivity contribution in [2.45, 2.75) is 13.1 Å². The smallest absolute Gasteiger partial charge is 0.255 e. The van der Waals surface area contributed by atoms with Crippen LogP contribution in [0.25, 0.3) is 0 Å². The minimum atomic E-state index is -0.206. The van der Waals surface area contributed by atoms with Gasteiger partial charge in [0.15, 0.2) is 0 Å². The molecule has 1 aromatic heterocycles. The number of carbonyl (C=O) groups is 2. The number of fused-ring (bicyclic) bond motifs is 1. The predicted molar refractivity (Wildman–Crippen MR) is 135 cm³/mol. The molecule has 0 unspecified atom stereocenters. The Morgan fingerprint density at radius 3 is 2.33 bits per heavy atom. The van der Waals surface area contributed by atoms with Gasteiger partial charge in [-0.1, -0.05) is 18.2 Å². The van der Waals surface area contributed by atoms with Crippen LogP contribution in [-0.4, -0.2) is 67.1 Å². The number of amides is 2. The maximum absolute atomic E-state index is 12.7. The highest BCUT2D eigenvalue weighted by molar-refractivity contribution is 6.05. The zero-order valence-electron chi connectivity index (χ0n) is 20.3. The van der Waals surface area contributed by atoms with Gasteiger partial charge in [-0.05, 0) is 35.4 Å². The fraction of sp³-hybridized carbons (Fsp3) is 0.308. The molecule has 36 heavy (non-hydrogen) atoms. The summed E-state index contributed by atoms with van der Waals surface area (Å²) >= 11 is 0. The van der Waals surface area contributed by atoms with Gasteiger partial charge in [0.2, 0.25) is 17.7 Å². The number of anilines is 2. The van der Waals surface area contributed by atoms with Crippen molar-refractivity contribution in [3.05, 3.63) is 70.8 Å². The minimum Gasteiger partial charge on any atom is -0.481 e. The van der Waals surface area contributed by atoms with Crippen molar-refractivity contribution in [1.29, 1.82) is 0 Å². The fourth-order valence-electron chi connectivity index (χ4n) is 4.36. The summed E-state index contributed by atoms with van der Waals surface area (Å²) in [6.45, 7) is 4.61. The Balaban J connectivity index is 1.15. The normalized spacial score (nSPS) is 15.3. The van der Waals surface area contributed by atoms with E-state index in [2.05, 4.69) is 30.4 Å². The Kier molecular flexibility index (Phi) is 6.68. The molecule has 10 nitrogen and oxygen atoms in total. The Morgan fingerprint density at radius 2 is 1.67 bits per heavy atom. The lowest BCUT2D eigenvalue weighted by Crippen LogP contribution is -2.46. The highest BCUT2D eigenvalue weighted by Gasteiger charge is 2.21. The van der Waals surface area contributed by atoms with Crippen LogP contribution in [0.3, 0.4) is 0 Å². The number of hydrogen-bond donors (Lipinski definition) is 2. The number of rotatable bonds is 7. The average Bonchev–Trinajstić information content (AvgIpc) is 3.29. The number of aromatic nitrogens is 2. The average molecular weight is 489 g/mol. The highest BCUT2D eigenvalue weighted by atomic mass is 16.5. The molecular weight excluding hydrogens is 460 g/mol. The van der Waals surface area contributed by atoms with Crippen LogP contribution in [0, 0.1) is 0 Å². The van der Waals surface area contributed by atoms with Crippen molar-refractivity contribution >= 4 is 23.5 Å². The molecule has 5 rings (SSSR count). The van der Waals surface area contributed by atoms with E-state index in [1.807, 2.05) is 36.4 Å². The Hall–Kier alpha value is -4.18. The third-order valence-corrected chi connectivity index (χ3v) is 6.41. The van der Waals surface area contributed by atoms with E-state index in [-0.39, 0.29) is 11.8 Å². The van der Waals surface area contributed by atoms with Gasteiger partial charge in [-0.2, -0.15) is 9.97 Å². The molecule has 0 aliphatic carbocycles. The van der Waals surface area contributed by atoms with Gasteiger partial charge in [-0.25, -0.2) is 0 Å². The first-order chi connectivity index (χ1) is 17.5. The molecule has 3 heterocycles. The van der Waals surface area contributed by atoms with Crippen LogP contribution in [0.1, 0.15) is 31.8 Å². The van der Waals surface area contributed by atoms with Crippen LogP contribution in [-0.2, 0) is 13.1 Å². The molecule has 10 heteroatoms. The van der Waals surface area contributed by atoms with Crippen LogP contribution in [0.2, 0.25) is 0 Å². The third-order valence-electron chi connectivity index (χ3n) is 6.41. The van der Waals surface area contributed by atoms with E-state index >= 15 is 0 Å². The molecule has 1 saturated heterocycles. The molecule has 2 aliphatic rings. The Morgan fingerprint density at radius 1 is 0.972 bits per heavy atom. The molecule has 0 bridgehead atoms. The number of piperazine rings is 1. The van der Waals surface area contributed by atoms with Crippen LogP contribution < -0.4 is 25.0 Å². The van der Waals surface area contributed by atoms with Crippen molar-refractivity contribution in [2.24, 2.45) is 0 Å². The van der Waals surface area contributed by atoms with E-state index in [1.54, 1.807) is 26.4 Å². The summed E-state index contributed by atoms with van der Waals surface area (Å²) in [4.78, 5) is 37.9. The molecule has 0 saturated carbocycles. The van der Waals surface area contributed by atoms with Crippen LogP contribution >= 0.6 is 0 Å². The van der Waals surface area contributed by atoms with E-state index in [9.17, 15) is 9.59 Å².